The number of pyridine rings is 1. The molecule has 0 aliphatic carbocycles. The van der Waals surface area contributed by atoms with E-state index in [9.17, 15) is 12.8 Å². The van der Waals surface area contributed by atoms with Crippen LogP contribution in [0.2, 0.25) is 0 Å². The Bertz CT molecular complexity index is 1030. The number of sulfonamides is 1. The largest absolute Gasteiger partial charge is 0.472 e. The lowest BCUT2D eigenvalue weighted by atomic mass is 10.2. The lowest BCUT2D eigenvalue weighted by Crippen LogP contribution is -2.56. The van der Waals surface area contributed by atoms with Gasteiger partial charge in [0.2, 0.25) is 15.9 Å². The smallest absolute Gasteiger partial charge is 0.218 e. The van der Waals surface area contributed by atoms with Crippen molar-refractivity contribution in [3.05, 3.63) is 72.0 Å². The lowest BCUT2D eigenvalue weighted by molar-refractivity contribution is 0.0723. The van der Waals surface area contributed by atoms with Crippen LogP contribution in [0.1, 0.15) is 5.56 Å². The van der Waals surface area contributed by atoms with Crippen molar-refractivity contribution in [2.45, 2.75) is 11.9 Å². The first-order chi connectivity index (χ1) is 12.5. The van der Waals surface area contributed by atoms with Crippen LogP contribution >= 0.6 is 0 Å². The molecule has 1 aliphatic heterocycles. The van der Waals surface area contributed by atoms with E-state index >= 15 is 0 Å². The molecule has 3 aromatic rings. The van der Waals surface area contributed by atoms with Crippen LogP contribution in [0, 0.1) is 5.82 Å². The fraction of sp³-hybridized carbons (Fsp3) is 0.211. The van der Waals surface area contributed by atoms with Gasteiger partial charge in [-0.15, -0.1) is 0 Å². The number of para-hydroxylation sites is 1. The van der Waals surface area contributed by atoms with Crippen LogP contribution in [0.25, 0.3) is 10.9 Å². The quantitative estimate of drug-likeness (QED) is 0.691. The highest BCUT2D eigenvalue weighted by Gasteiger charge is 2.37. The number of benzene rings is 2. The Labute approximate surface area is 151 Å². The van der Waals surface area contributed by atoms with Crippen molar-refractivity contribution in [1.82, 2.24) is 9.29 Å². The fourth-order valence-corrected chi connectivity index (χ4v) is 4.45. The summed E-state index contributed by atoms with van der Waals surface area (Å²) >= 11 is 0. The van der Waals surface area contributed by atoms with Crippen LogP contribution < -0.4 is 4.74 Å². The normalized spacial score (nSPS) is 15.7. The molecule has 134 valence electrons. The van der Waals surface area contributed by atoms with E-state index in [0.29, 0.717) is 11.4 Å². The predicted molar refractivity (Wildman–Crippen MR) is 96.8 cm³/mol. The zero-order valence-corrected chi connectivity index (χ0v) is 14.7. The molecule has 26 heavy (non-hydrogen) atoms. The van der Waals surface area contributed by atoms with Gasteiger partial charge in [-0.2, -0.15) is 4.31 Å². The van der Waals surface area contributed by atoms with E-state index in [1.165, 1.54) is 28.6 Å². The van der Waals surface area contributed by atoms with Gasteiger partial charge in [0.25, 0.3) is 0 Å². The van der Waals surface area contributed by atoms with Crippen molar-refractivity contribution < 1.29 is 17.5 Å². The van der Waals surface area contributed by atoms with Crippen LogP contribution in [0.3, 0.4) is 0 Å². The first-order valence-electron chi connectivity index (χ1n) is 8.24. The Kier molecular flexibility index (Phi) is 4.34. The van der Waals surface area contributed by atoms with Crippen molar-refractivity contribution in [3.63, 3.8) is 0 Å². The second kappa shape index (κ2) is 6.66. The summed E-state index contributed by atoms with van der Waals surface area (Å²) in [7, 11) is -3.44. The van der Waals surface area contributed by atoms with E-state index in [0.717, 1.165) is 10.9 Å². The molecule has 1 aliphatic rings. The van der Waals surface area contributed by atoms with Crippen molar-refractivity contribution in [2.75, 3.05) is 13.1 Å². The molecule has 2 aromatic carbocycles. The lowest BCUT2D eigenvalue weighted by Gasteiger charge is -2.37. The number of halogens is 1. The van der Waals surface area contributed by atoms with Gasteiger partial charge in [-0.1, -0.05) is 30.3 Å². The molecule has 5 nitrogen and oxygen atoms in total. The summed E-state index contributed by atoms with van der Waals surface area (Å²) in [6, 6.07) is 16.9. The van der Waals surface area contributed by atoms with Crippen LogP contribution in [0.15, 0.2) is 60.7 Å². The summed E-state index contributed by atoms with van der Waals surface area (Å²) in [5, 5.41) is 1.02. The molecule has 0 atom stereocenters. The third-order valence-corrected chi connectivity index (χ3v) is 6.11. The second-order valence-corrected chi connectivity index (χ2v) is 8.25. The Hall–Kier alpha value is -2.51. The average molecular weight is 372 g/mol. The van der Waals surface area contributed by atoms with E-state index in [4.69, 9.17) is 4.74 Å². The van der Waals surface area contributed by atoms with E-state index in [2.05, 4.69) is 4.98 Å². The monoisotopic (exact) mass is 372 g/mol. The highest BCUT2D eigenvalue weighted by atomic mass is 32.2. The molecule has 0 spiro atoms. The molecule has 1 saturated heterocycles. The maximum Gasteiger partial charge on any atom is 0.218 e. The van der Waals surface area contributed by atoms with Crippen LogP contribution in [-0.4, -0.2) is 36.9 Å². The molecule has 0 bridgehead atoms. The maximum absolute atomic E-state index is 12.9. The van der Waals surface area contributed by atoms with Crippen molar-refractivity contribution in [3.8, 4) is 5.88 Å². The number of hydrogen-bond acceptors (Lipinski definition) is 4. The van der Waals surface area contributed by atoms with Gasteiger partial charge in [-0.3, -0.25) is 0 Å². The second-order valence-electron chi connectivity index (χ2n) is 6.28. The molecule has 0 radical (unpaired) electrons. The zero-order chi connectivity index (χ0) is 18.1. The third kappa shape index (κ3) is 3.54. The molecule has 1 aromatic heterocycles. The molecular formula is C19H17FN2O3S. The van der Waals surface area contributed by atoms with Gasteiger partial charge >= 0.3 is 0 Å². The Balaban J connectivity index is 1.37. The molecule has 0 saturated carbocycles. The van der Waals surface area contributed by atoms with Gasteiger partial charge in [0.05, 0.1) is 24.4 Å². The summed E-state index contributed by atoms with van der Waals surface area (Å²) in [5.41, 5.74) is 1.40. The van der Waals surface area contributed by atoms with Gasteiger partial charge < -0.3 is 4.74 Å². The standard InChI is InChI=1S/C19H17FN2O3S/c20-16-8-5-14(6-9-16)13-26(23,24)22-11-17(12-22)25-19-10-7-15-3-1-2-4-18(15)21-19/h1-10,17H,11-13H2. The summed E-state index contributed by atoms with van der Waals surface area (Å²) in [5.74, 6) is -0.0375. The molecule has 7 heteroatoms. The zero-order valence-electron chi connectivity index (χ0n) is 13.9. The Morgan fingerprint density at radius 2 is 1.77 bits per heavy atom. The first kappa shape index (κ1) is 16.9. The van der Waals surface area contributed by atoms with Gasteiger partial charge in [0, 0.05) is 11.5 Å². The molecule has 0 amide bonds. The van der Waals surface area contributed by atoms with Gasteiger partial charge in [0.1, 0.15) is 11.9 Å². The number of ether oxygens (including phenoxy) is 1. The minimum Gasteiger partial charge on any atom is -0.472 e. The fourth-order valence-electron chi connectivity index (χ4n) is 2.87. The van der Waals surface area contributed by atoms with E-state index in [1.807, 2.05) is 30.3 Å². The number of fused-ring (bicyclic) bond motifs is 1. The third-order valence-electron chi connectivity index (χ3n) is 4.33. The number of hydrogen-bond donors (Lipinski definition) is 0. The number of aromatic nitrogens is 1. The van der Waals surface area contributed by atoms with Crippen molar-refractivity contribution in [1.29, 1.82) is 0 Å². The van der Waals surface area contributed by atoms with E-state index in [-0.39, 0.29) is 30.8 Å². The molecule has 2 heterocycles. The molecule has 4 rings (SSSR count). The Morgan fingerprint density at radius 3 is 2.54 bits per heavy atom. The summed E-state index contributed by atoms with van der Waals surface area (Å²) in [6.07, 6.45) is -0.216. The maximum atomic E-state index is 12.9. The Morgan fingerprint density at radius 1 is 1.04 bits per heavy atom. The van der Waals surface area contributed by atoms with Crippen molar-refractivity contribution in [2.24, 2.45) is 0 Å². The van der Waals surface area contributed by atoms with Crippen LogP contribution in [0.4, 0.5) is 4.39 Å². The number of rotatable bonds is 5. The van der Waals surface area contributed by atoms with Crippen molar-refractivity contribution >= 4 is 20.9 Å². The van der Waals surface area contributed by atoms with E-state index in [1.54, 1.807) is 6.07 Å². The summed E-state index contributed by atoms with van der Waals surface area (Å²) < 4.78 is 44.9. The molecule has 0 unspecified atom stereocenters. The summed E-state index contributed by atoms with van der Waals surface area (Å²) in [4.78, 5) is 4.43. The SMILES string of the molecule is O=S(=O)(Cc1ccc(F)cc1)N1CC(Oc2ccc3ccccc3n2)C1. The first-order valence-corrected chi connectivity index (χ1v) is 9.85. The predicted octanol–water partition coefficient (Wildman–Crippen LogP) is 2.97. The minimum absolute atomic E-state index is 0.145. The van der Waals surface area contributed by atoms with Gasteiger partial charge in [0.15, 0.2) is 0 Å². The summed E-state index contributed by atoms with van der Waals surface area (Å²) in [6.45, 7) is 0.579. The highest BCUT2D eigenvalue weighted by Crippen LogP contribution is 2.23. The minimum atomic E-state index is -3.44. The van der Waals surface area contributed by atoms with Crippen LogP contribution in [0.5, 0.6) is 5.88 Å². The molecule has 1 fully saturated rings. The number of nitrogens with zero attached hydrogens (tertiary/aromatic N) is 2. The van der Waals surface area contributed by atoms with E-state index < -0.39 is 10.0 Å². The van der Waals surface area contributed by atoms with Gasteiger partial charge in [-0.25, -0.2) is 17.8 Å². The molecular weight excluding hydrogens is 355 g/mol. The average Bonchev–Trinajstić information content (AvgIpc) is 2.59. The van der Waals surface area contributed by atoms with Gasteiger partial charge in [-0.05, 0) is 29.8 Å². The van der Waals surface area contributed by atoms with Crippen LogP contribution in [-0.2, 0) is 15.8 Å². The highest BCUT2D eigenvalue weighted by molar-refractivity contribution is 7.88. The topological polar surface area (TPSA) is 59.5 Å². The molecule has 0 N–H and O–H groups in total.